The van der Waals surface area contributed by atoms with E-state index in [0.717, 1.165) is 10.1 Å². The van der Waals surface area contributed by atoms with Crippen molar-refractivity contribution in [2.24, 2.45) is 0 Å². The maximum atomic E-state index is 13.3. The van der Waals surface area contributed by atoms with Crippen molar-refractivity contribution in [1.29, 1.82) is 0 Å². The lowest BCUT2D eigenvalue weighted by molar-refractivity contribution is -0.119. The summed E-state index contributed by atoms with van der Waals surface area (Å²) in [5.41, 5.74) is 0.333. The molecule has 0 spiro atoms. The summed E-state index contributed by atoms with van der Waals surface area (Å²) in [7, 11) is -2.46. The molecule has 8 heteroatoms. The molecule has 1 aliphatic carbocycles. The van der Waals surface area contributed by atoms with E-state index in [1.165, 1.54) is 44.9 Å². The van der Waals surface area contributed by atoms with Crippen LogP contribution >= 0.6 is 11.8 Å². The largest absolute Gasteiger partial charge is 0.495 e. The Hall–Kier alpha value is -2.19. The molecule has 1 N–H and O–H groups in total. The number of anilines is 1. The number of carbonyl (C=O) groups excluding carboxylic acids is 1. The minimum atomic E-state index is -3.94. The summed E-state index contributed by atoms with van der Waals surface area (Å²) in [4.78, 5) is 12.8. The van der Waals surface area contributed by atoms with Gasteiger partial charge in [-0.1, -0.05) is 43.2 Å². The average Bonchev–Trinajstić information content (AvgIpc) is 3.29. The van der Waals surface area contributed by atoms with Gasteiger partial charge in [-0.25, -0.2) is 8.42 Å². The Balaban J connectivity index is 1.73. The zero-order valence-electron chi connectivity index (χ0n) is 17.1. The van der Waals surface area contributed by atoms with Gasteiger partial charge >= 0.3 is 0 Å². The highest BCUT2D eigenvalue weighted by molar-refractivity contribution is 7.99. The third kappa shape index (κ3) is 5.70. The third-order valence-electron chi connectivity index (χ3n) is 5.05. The van der Waals surface area contributed by atoms with Crippen molar-refractivity contribution in [1.82, 2.24) is 5.32 Å². The number of ether oxygens (including phenoxy) is 1. The number of thioether (sulfide) groups is 1. The molecule has 0 heterocycles. The molecule has 30 heavy (non-hydrogen) atoms. The summed E-state index contributed by atoms with van der Waals surface area (Å²) in [5.74, 6) is 0.880. The number of carbonyl (C=O) groups is 1. The Morgan fingerprint density at radius 3 is 2.47 bits per heavy atom. The molecular weight excluding hydrogens is 420 g/mol. The number of para-hydroxylation sites is 2. The minimum Gasteiger partial charge on any atom is -0.495 e. The lowest BCUT2D eigenvalue weighted by Gasteiger charge is -2.25. The maximum absolute atomic E-state index is 13.3. The second-order valence-corrected chi connectivity index (χ2v) is 10.4. The van der Waals surface area contributed by atoms with Gasteiger partial charge in [0.15, 0.2) is 0 Å². The van der Waals surface area contributed by atoms with E-state index in [0.29, 0.717) is 23.2 Å². The molecule has 0 radical (unpaired) electrons. The normalized spacial score (nSPS) is 14.4. The Bertz CT molecular complexity index is 929. The molecule has 1 amide bonds. The van der Waals surface area contributed by atoms with E-state index in [1.54, 1.807) is 42.5 Å². The molecule has 3 rings (SSSR count). The van der Waals surface area contributed by atoms with Gasteiger partial charge < -0.3 is 10.1 Å². The number of methoxy groups -OCH3 is 1. The first-order chi connectivity index (χ1) is 14.5. The monoisotopic (exact) mass is 448 g/mol. The van der Waals surface area contributed by atoms with Crippen LogP contribution in [0.2, 0.25) is 0 Å². The molecule has 1 saturated carbocycles. The zero-order chi connectivity index (χ0) is 21.4. The van der Waals surface area contributed by atoms with Crippen molar-refractivity contribution in [3.63, 3.8) is 0 Å². The highest BCUT2D eigenvalue weighted by Crippen LogP contribution is 2.32. The smallest absolute Gasteiger partial charge is 0.264 e. The summed E-state index contributed by atoms with van der Waals surface area (Å²) in [5, 5.41) is 3.55. The summed E-state index contributed by atoms with van der Waals surface area (Å²) < 4.78 is 33.1. The topological polar surface area (TPSA) is 75.7 Å². The van der Waals surface area contributed by atoms with Crippen molar-refractivity contribution in [2.45, 2.75) is 35.8 Å². The van der Waals surface area contributed by atoms with Gasteiger partial charge in [0.05, 0.1) is 17.7 Å². The van der Waals surface area contributed by atoms with Crippen LogP contribution in [-0.2, 0) is 14.8 Å². The van der Waals surface area contributed by atoms with Gasteiger partial charge in [0, 0.05) is 17.5 Å². The van der Waals surface area contributed by atoms with E-state index in [1.807, 2.05) is 11.8 Å². The third-order valence-corrected chi connectivity index (χ3v) is 8.21. The Morgan fingerprint density at radius 2 is 1.77 bits per heavy atom. The fourth-order valence-electron chi connectivity index (χ4n) is 3.51. The number of hydrogen-bond acceptors (Lipinski definition) is 5. The Labute approximate surface area is 183 Å². The molecule has 1 aliphatic rings. The number of amides is 1. The first kappa shape index (κ1) is 22.5. The van der Waals surface area contributed by atoms with Crippen LogP contribution in [0.4, 0.5) is 5.69 Å². The van der Waals surface area contributed by atoms with Crippen LogP contribution < -0.4 is 14.4 Å². The van der Waals surface area contributed by atoms with Crippen LogP contribution in [-0.4, -0.2) is 45.5 Å². The lowest BCUT2D eigenvalue weighted by atomic mass is 10.3. The number of hydrogen-bond donors (Lipinski definition) is 1. The first-order valence-corrected chi connectivity index (χ1v) is 12.6. The van der Waals surface area contributed by atoms with Gasteiger partial charge in [-0.2, -0.15) is 11.8 Å². The van der Waals surface area contributed by atoms with Gasteiger partial charge in [-0.05, 0) is 37.1 Å². The van der Waals surface area contributed by atoms with E-state index in [-0.39, 0.29) is 17.3 Å². The number of nitrogens with zero attached hydrogens (tertiary/aromatic N) is 1. The fourth-order valence-corrected chi connectivity index (χ4v) is 6.19. The van der Waals surface area contributed by atoms with Crippen LogP contribution in [0.3, 0.4) is 0 Å². The molecular formula is C22H28N2O4S2. The van der Waals surface area contributed by atoms with E-state index in [9.17, 15) is 13.2 Å². The molecule has 2 aromatic carbocycles. The number of sulfonamides is 1. The van der Waals surface area contributed by atoms with Crippen molar-refractivity contribution in [2.75, 3.05) is 30.3 Å². The van der Waals surface area contributed by atoms with Gasteiger partial charge in [-0.15, -0.1) is 0 Å². The summed E-state index contributed by atoms with van der Waals surface area (Å²) in [6.45, 7) is 0.205. The van der Waals surface area contributed by atoms with E-state index < -0.39 is 10.0 Å². The molecule has 0 atom stereocenters. The molecule has 0 saturated heterocycles. The van der Waals surface area contributed by atoms with E-state index in [4.69, 9.17) is 4.74 Å². The van der Waals surface area contributed by atoms with Gasteiger partial charge in [0.2, 0.25) is 5.91 Å². The van der Waals surface area contributed by atoms with Crippen LogP contribution in [0.25, 0.3) is 0 Å². The standard InChI is InChI=1S/C22H28N2O4S2/c1-28-21-14-8-7-13-20(21)24(30(26,27)19-11-3-2-4-12-19)17-22(25)23-15-16-29-18-9-5-6-10-18/h2-4,7-8,11-14,18H,5-6,9-10,15-17H2,1H3,(H,23,25). The number of rotatable bonds is 10. The summed E-state index contributed by atoms with van der Waals surface area (Å²) >= 11 is 1.88. The highest BCUT2D eigenvalue weighted by atomic mass is 32.2. The lowest BCUT2D eigenvalue weighted by Crippen LogP contribution is -2.41. The Morgan fingerprint density at radius 1 is 1.10 bits per heavy atom. The number of benzene rings is 2. The molecule has 0 bridgehead atoms. The second-order valence-electron chi connectivity index (χ2n) is 7.12. The highest BCUT2D eigenvalue weighted by Gasteiger charge is 2.29. The van der Waals surface area contributed by atoms with Crippen molar-refractivity contribution in [3.05, 3.63) is 54.6 Å². The SMILES string of the molecule is COc1ccccc1N(CC(=O)NCCSC1CCCC1)S(=O)(=O)c1ccccc1. The molecule has 0 aromatic heterocycles. The summed E-state index contributed by atoms with van der Waals surface area (Å²) in [6, 6.07) is 14.9. The van der Waals surface area contributed by atoms with E-state index in [2.05, 4.69) is 5.32 Å². The predicted molar refractivity (Wildman–Crippen MR) is 122 cm³/mol. The average molecular weight is 449 g/mol. The van der Waals surface area contributed by atoms with Crippen molar-refractivity contribution in [3.8, 4) is 5.75 Å². The zero-order valence-corrected chi connectivity index (χ0v) is 18.8. The molecule has 2 aromatic rings. The Kier molecular flexibility index (Phi) is 8.04. The van der Waals surface area contributed by atoms with Crippen LogP contribution in [0.15, 0.2) is 59.5 Å². The molecule has 6 nitrogen and oxygen atoms in total. The van der Waals surface area contributed by atoms with Crippen molar-refractivity contribution >= 4 is 33.4 Å². The maximum Gasteiger partial charge on any atom is 0.264 e. The minimum absolute atomic E-state index is 0.125. The van der Waals surface area contributed by atoms with E-state index >= 15 is 0 Å². The summed E-state index contributed by atoms with van der Waals surface area (Å²) in [6.07, 6.45) is 5.06. The van der Waals surface area contributed by atoms with Crippen LogP contribution in [0, 0.1) is 0 Å². The predicted octanol–water partition coefficient (Wildman–Crippen LogP) is 3.68. The second kappa shape index (κ2) is 10.7. The molecule has 162 valence electrons. The van der Waals surface area contributed by atoms with Gasteiger partial charge in [0.25, 0.3) is 10.0 Å². The van der Waals surface area contributed by atoms with Crippen LogP contribution in [0.5, 0.6) is 5.75 Å². The van der Waals surface area contributed by atoms with Crippen molar-refractivity contribution < 1.29 is 17.9 Å². The molecule has 0 aliphatic heterocycles. The van der Waals surface area contributed by atoms with Gasteiger partial charge in [-0.3, -0.25) is 9.10 Å². The molecule has 0 unspecified atom stereocenters. The molecule has 1 fully saturated rings. The number of nitrogens with one attached hydrogen (secondary N) is 1. The fraction of sp³-hybridized carbons (Fsp3) is 0.409. The first-order valence-electron chi connectivity index (χ1n) is 10.1. The van der Waals surface area contributed by atoms with Gasteiger partial charge in [0.1, 0.15) is 12.3 Å². The quantitative estimate of drug-likeness (QED) is 0.561. The van der Waals surface area contributed by atoms with Crippen LogP contribution in [0.1, 0.15) is 25.7 Å².